The van der Waals surface area contributed by atoms with Gasteiger partial charge in [-0.2, -0.15) is 0 Å². The third kappa shape index (κ3) is 8.49. The molecular weight excluding hydrogens is 612 g/mol. The number of fused-ring (bicyclic) bond motifs is 1. The van der Waals surface area contributed by atoms with Gasteiger partial charge < -0.3 is 39.9 Å². The first-order valence-electron chi connectivity index (χ1n) is 17.4. The van der Waals surface area contributed by atoms with E-state index in [1.807, 2.05) is 30.3 Å². The van der Waals surface area contributed by atoms with Crippen molar-refractivity contribution in [1.29, 1.82) is 0 Å². The van der Waals surface area contributed by atoms with Gasteiger partial charge in [-0.25, -0.2) is 4.79 Å². The molecule has 48 heavy (non-hydrogen) atoms. The zero-order valence-electron chi connectivity index (χ0n) is 27.8. The molecule has 1 saturated carbocycles. The van der Waals surface area contributed by atoms with Gasteiger partial charge in [0.05, 0.1) is 7.11 Å². The van der Waals surface area contributed by atoms with E-state index in [1.165, 1.54) is 0 Å². The molecule has 6 rings (SSSR count). The lowest BCUT2D eigenvalue weighted by molar-refractivity contribution is -0.133. The van der Waals surface area contributed by atoms with E-state index in [2.05, 4.69) is 21.3 Å². The Kier molecular flexibility index (Phi) is 11.2. The molecule has 2 aromatic carbocycles. The molecule has 258 valence electrons. The van der Waals surface area contributed by atoms with Gasteiger partial charge in [-0.05, 0) is 93.6 Å². The topological polar surface area (TPSA) is 140 Å². The van der Waals surface area contributed by atoms with Gasteiger partial charge in [0, 0.05) is 37.1 Å². The summed E-state index contributed by atoms with van der Waals surface area (Å²) in [6.07, 6.45) is 6.82. The first-order valence-corrected chi connectivity index (χ1v) is 17.4. The zero-order valence-corrected chi connectivity index (χ0v) is 27.8. The summed E-state index contributed by atoms with van der Waals surface area (Å²) in [6.45, 7) is 3.38. The van der Waals surface area contributed by atoms with Crippen LogP contribution in [-0.2, 0) is 20.7 Å². The number of piperidine rings is 1. The number of benzene rings is 2. The summed E-state index contributed by atoms with van der Waals surface area (Å²) >= 11 is 0. The standard InChI is InChI=1S/C37H48N4O7/c1-45-29-9-10-32-28(23-29)24-33(47-32)48-36(44)41-37(15-5-6-16-37)35(43)40-31(22-25-7-3-2-4-8-25)34(42)39-30(27-11-17-38-18-12-27)21-26-13-19-46-20-14-26/h2-4,7-10,23-24,26-27,30-31,38H,5-6,11-22H2,1H3,(H,39,42)(H,40,43)(H,41,44)/t30-,31?/m1/s1. The third-order valence-corrected chi connectivity index (χ3v) is 10.2. The molecule has 1 aromatic heterocycles. The summed E-state index contributed by atoms with van der Waals surface area (Å²) in [5.74, 6) is 0.941. The number of nitrogens with one attached hydrogen (secondary N) is 4. The number of rotatable bonds is 12. The van der Waals surface area contributed by atoms with Crippen LogP contribution in [-0.4, -0.2) is 68.9 Å². The minimum absolute atomic E-state index is 0.00944. The van der Waals surface area contributed by atoms with Gasteiger partial charge >= 0.3 is 6.09 Å². The molecule has 1 unspecified atom stereocenters. The van der Waals surface area contributed by atoms with Gasteiger partial charge in [0.1, 0.15) is 22.9 Å². The molecular formula is C37H48N4O7. The molecule has 0 bridgehead atoms. The lowest BCUT2D eigenvalue weighted by atomic mass is 9.82. The number of carbonyl (C=O) groups excluding carboxylic acids is 3. The maximum absolute atomic E-state index is 14.2. The Labute approximate surface area is 281 Å². The zero-order chi connectivity index (χ0) is 33.3. The molecule has 11 nitrogen and oxygen atoms in total. The maximum Gasteiger partial charge on any atom is 0.415 e. The quantitative estimate of drug-likeness (QED) is 0.216. The number of methoxy groups -OCH3 is 1. The van der Waals surface area contributed by atoms with E-state index in [9.17, 15) is 14.4 Å². The van der Waals surface area contributed by atoms with Crippen molar-refractivity contribution in [1.82, 2.24) is 21.3 Å². The van der Waals surface area contributed by atoms with Crippen LogP contribution in [0.15, 0.2) is 59.0 Å². The van der Waals surface area contributed by atoms with Crippen LogP contribution in [0.1, 0.15) is 63.4 Å². The van der Waals surface area contributed by atoms with Crippen molar-refractivity contribution in [2.24, 2.45) is 11.8 Å². The fourth-order valence-electron chi connectivity index (χ4n) is 7.47. The van der Waals surface area contributed by atoms with Gasteiger partial charge in [0.15, 0.2) is 0 Å². The Morgan fingerprint density at radius 2 is 1.71 bits per heavy atom. The largest absolute Gasteiger partial charge is 0.497 e. The highest BCUT2D eigenvalue weighted by molar-refractivity contribution is 5.95. The van der Waals surface area contributed by atoms with Crippen LogP contribution in [0, 0.1) is 11.8 Å². The van der Waals surface area contributed by atoms with Crippen molar-refractivity contribution in [3.63, 3.8) is 0 Å². The van der Waals surface area contributed by atoms with Crippen molar-refractivity contribution in [3.8, 4) is 11.7 Å². The molecule has 2 atom stereocenters. The molecule has 1 aliphatic carbocycles. The third-order valence-electron chi connectivity index (χ3n) is 10.2. The second-order valence-corrected chi connectivity index (χ2v) is 13.5. The Bertz CT molecular complexity index is 1520. The van der Waals surface area contributed by atoms with Crippen LogP contribution in [0.3, 0.4) is 0 Å². The van der Waals surface area contributed by atoms with Crippen LogP contribution in [0.5, 0.6) is 11.7 Å². The van der Waals surface area contributed by atoms with Crippen LogP contribution in [0.2, 0.25) is 0 Å². The molecule has 11 heteroatoms. The summed E-state index contributed by atoms with van der Waals surface area (Å²) in [5, 5.41) is 13.5. The van der Waals surface area contributed by atoms with Crippen molar-refractivity contribution in [2.45, 2.75) is 81.8 Å². The van der Waals surface area contributed by atoms with E-state index in [0.717, 1.165) is 82.2 Å². The molecule has 3 heterocycles. The second-order valence-electron chi connectivity index (χ2n) is 13.5. The van der Waals surface area contributed by atoms with Crippen LogP contribution >= 0.6 is 0 Å². The number of ether oxygens (including phenoxy) is 3. The summed E-state index contributed by atoms with van der Waals surface area (Å²) in [5.41, 5.74) is 0.273. The predicted octanol–water partition coefficient (Wildman–Crippen LogP) is 4.87. The highest BCUT2D eigenvalue weighted by Crippen LogP contribution is 2.32. The van der Waals surface area contributed by atoms with Gasteiger partial charge in [-0.3, -0.25) is 9.59 Å². The molecule has 2 aliphatic heterocycles. The van der Waals surface area contributed by atoms with Gasteiger partial charge in [0.25, 0.3) is 5.95 Å². The van der Waals surface area contributed by atoms with Crippen molar-refractivity contribution >= 4 is 28.9 Å². The minimum Gasteiger partial charge on any atom is -0.497 e. The van der Waals surface area contributed by atoms with E-state index >= 15 is 0 Å². The molecule has 4 N–H and O–H groups in total. The van der Waals surface area contributed by atoms with Crippen LogP contribution in [0.25, 0.3) is 11.0 Å². The van der Waals surface area contributed by atoms with E-state index in [0.29, 0.717) is 42.4 Å². The molecule has 3 fully saturated rings. The van der Waals surface area contributed by atoms with Crippen LogP contribution in [0.4, 0.5) is 4.79 Å². The summed E-state index contributed by atoms with van der Waals surface area (Å²) < 4.78 is 22.1. The molecule has 3 aromatic rings. The Hall–Kier alpha value is -4.09. The first kappa shape index (κ1) is 33.8. The monoisotopic (exact) mass is 660 g/mol. The average molecular weight is 661 g/mol. The number of hydrogen-bond donors (Lipinski definition) is 4. The fraction of sp³-hybridized carbons (Fsp3) is 0.541. The number of furan rings is 1. The van der Waals surface area contributed by atoms with Crippen molar-refractivity contribution in [2.75, 3.05) is 33.4 Å². The maximum atomic E-state index is 14.2. The molecule has 0 radical (unpaired) electrons. The van der Waals surface area contributed by atoms with E-state index in [4.69, 9.17) is 18.6 Å². The van der Waals surface area contributed by atoms with Gasteiger partial charge in [-0.15, -0.1) is 0 Å². The van der Waals surface area contributed by atoms with Crippen molar-refractivity contribution in [3.05, 3.63) is 60.2 Å². The molecule has 0 spiro atoms. The van der Waals surface area contributed by atoms with E-state index in [-0.39, 0.29) is 23.8 Å². The SMILES string of the molecule is COc1ccc2oc(OC(=O)NC3(C(=O)NC(Cc4ccccc4)C(=O)N[C@H](CC4CCOCC4)C4CCNCC4)CCCC3)cc2c1. The van der Waals surface area contributed by atoms with E-state index < -0.39 is 17.7 Å². The highest BCUT2D eigenvalue weighted by atomic mass is 16.6. The normalized spacial score (nSPS) is 19.7. The van der Waals surface area contributed by atoms with Gasteiger partial charge in [-0.1, -0.05) is 43.2 Å². The summed E-state index contributed by atoms with van der Waals surface area (Å²) in [7, 11) is 1.58. The second kappa shape index (κ2) is 15.9. The number of hydrogen-bond acceptors (Lipinski definition) is 8. The Morgan fingerprint density at radius 1 is 0.958 bits per heavy atom. The number of amides is 3. The lowest BCUT2D eigenvalue weighted by Crippen LogP contribution is -2.62. The minimum atomic E-state index is -1.21. The molecule has 3 aliphatic rings. The summed E-state index contributed by atoms with van der Waals surface area (Å²) in [4.78, 5) is 41.6. The van der Waals surface area contributed by atoms with Crippen molar-refractivity contribution < 1.29 is 33.0 Å². The Balaban J connectivity index is 1.17. The molecule has 2 saturated heterocycles. The van der Waals surface area contributed by atoms with Gasteiger partial charge in [0.2, 0.25) is 11.8 Å². The Morgan fingerprint density at radius 3 is 2.44 bits per heavy atom. The predicted molar refractivity (Wildman–Crippen MR) is 181 cm³/mol. The highest BCUT2D eigenvalue weighted by Gasteiger charge is 2.44. The fourth-order valence-corrected chi connectivity index (χ4v) is 7.47. The number of carbonyl (C=O) groups is 3. The van der Waals surface area contributed by atoms with Crippen LogP contribution < -0.4 is 30.7 Å². The van der Waals surface area contributed by atoms with E-state index in [1.54, 1.807) is 31.4 Å². The summed E-state index contributed by atoms with van der Waals surface area (Å²) in [6, 6.07) is 15.8. The average Bonchev–Trinajstić information content (AvgIpc) is 3.75. The molecule has 3 amide bonds. The lowest BCUT2D eigenvalue weighted by Gasteiger charge is -2.36. The smallest absolute Gasteiger partial charge is 0.415 e. The first-order chi connectivity index (χ1) is 23.4.